The maximum Gasteiger partial charge on any atom is 0.0400 e. The van der Waals surface area contributed by atoms with Gasteiger partial charge in [-0.2, -0.15) is 0 Å². The minimum atomic E-state index is 0.134. The van der Waals surface area contributed by atoms with E-state index in [0.29, 0.717) is 0 Å². The Balaban J connectivity index is 1.57. The van der Waals surface area contributed by atoms with Crippen molar-refractivity contribution in [3.05, 3.63) is 29.3 Å². The molecule has 4 nitrogen and oxygen atoms in total. The van der Waals surface area contributed by atoms with E-state index in [0.717, 1.165) is 13.1 Å². The Morgan fingerprint density at radius 3 is 2.57 bits per heavy atom. The van der Waals surface area contributed by atoms with Gasteiger partial charge in [0.1, 0.15) is 0 Å². The van der Waals surface area contributed by atoms with E-state index in [1.165, 1.54) is 56.0 Å². The van der Waals surface area contributed by atoms with Gasteiger partial charge in [-0.05, 0) is 37.6 Å². The first-order valence-corrected chi connectivity index (χ1v) is 8.18. The van der Waals surface area contributed by atoms with Crippen molar-refractivity contribution in [2.24, 2.45) is 5.73 Å². The molecular weight excluding hydrogens is 260 g/mol. The van der Waals surface area contributed by atoms with Gasteiger partial charge in [-0.3, -0.25) is 4.90 Å². The van der Waals surface area contributed by atoms with E-state index in [4.69, 9.17) is 5.73 Å². The predicted molar refractivity (Wildman–Crippen MR) is 88.9 cm³/mol. The van der Waals surface area contributed by atoms with Crippen molar-refractivity contribution in [2.75, 3.05) is 57.8 Å². The van der Waals surface area contributed by atoms with Crippen LogP contribution in [0.1, 0.15) is 24.1 Å². The summed E-state index contributed by atoms with van der Waals surface area (Å²) in [5, 5.41) is 0. The molecular formula is C17H28N4. The first kappa shape index (κ1) is 14.8. The van der Waals surface area contributed by atoms with E-state index in [9.17, 15) is 0 Å². The van der Waals surface area contributed by atoms with E-state index in [2.05, 4.69) is 46.9 Å². The minimum absolute atomic E-state index is 0.134. The molecule has 2 heterocycles. The third-order valence-electron chi connectivity index (χ3n) is 4.90. The molecule has 0 saturated carbocycles. The van der Waals surface area contributed by atoms with Crippen LogP contribution >= 0.6 is 0 Å². The van der Waals surface area contributed by atoms with Gasteiger partial charge in [-0.1, -0.05) is 12.1 Å². The number of hydrogen-bond acceptors (Lipinski definition) is 4. The van der Waals surface area contributed by atoms with Crippen molar-refractivity contribution in [3.8, 4) is 0 Å². The lowest BCUT2D eigenvalue weighted by Crippen LogP contribution is -2.46. The number of rotatable bonds is 4. The highest BCUT2D eigenvalue weighted by molar-refractivity contribution is 5.59. The van der Waals surface area contributed by atoms with Gasteiger partial charge in [0.25, 0.3) is 0 Å². The zero-order valence-corrected chi connectivity index (χ0v) is 13.4. The second-order valence-corrected chi connectivity index (χ2v) is 6.56. The van der Waals surface area contributed by atoms with Gasteiger partial charge in [0, 0.05) is 57.5 Å². The Hall–Kier alpha value is -1.10. The Bertz CT molecular complexity index is 478. The molecule has 0 bridgehead atoms. The van der Waals surface area contributed by atoms with Crippen molar-refractivity contribution in [1.29, 1.82) is 0 Å². The van der Waals surface area contributed by atoms with E-state index in [1.54, 1.807) is 0 Å². The van der Waals surface area contributed by atoms with Crippen LogP contribution in [0.25, 0.3) is 0 Å². The molecule has 1 aromatic carbocycles. The van der Waals surface area contributed by atoms with Gasteiger partial charge < -0.3 is 15.5 Å². The van der Waals surface area contributed by atoms with Crippen molar-refractivity contribution in [2.45, 2.75) is 19.4 Å². The molecule has 116 valence electrons. The van der Waals surface area contributed by atoms with Crippen molar-refractivity contribution >= 4 is 5.69 Å². The molecule has 2 aliphatic heterocycles. The second kappa shape index (κ2) is 6.34. The fourth-order valence-electron chi connectivity index (χ4n) is 3.34. The van der Waals surface area contributed by atoms with Crippen LogP contribution in [0.5, 0.6) is 0 Å². The molecule has 0 aromatic heterocycles. The summed E-state index contributed by atoms with van der Waals surface area (Å²) < 4.78 is 0. The highest BCUT2D eigenvalue weighted by Crippen LogP contribution is 2.29. The molecule has 1 unspecified atom stereocenters. The first-order chi connectivity index (χ1) is 10.1. The van der Waals surface area contributed by atoms with Crippen molar-refractivity contribution in [3.63, 3.8) is 0 Å². The summed E-state index contributed by atoms with van der Waals surface area (Å²) in [6.07, 6.45) is 1.17. The average molecular weight is 288 g/mol. The third-order valence-corrected chi connectivity index (χ3v) is 4.90. The van der Waals surface area contributed by atoms with Gasteiger partial charge in [-0.25, -0.2) is 0 Å². The molecule has 1 aromatic rings. The standard InChI is InChI=1S/C17H28N4/c1-14(18)15-3-4-17-16(13-15)5-6-21(17)12-11-20-9-7-19(2)8-10-20/h3-4,13-14H,5-12,18H2,1-2H3. The van der Waals surface area contributed by atoms with Crippen LogP contribution in [-0.4, -0.2) is 62.7 Å². The molecule has 1 atom stereocenters. The fraction of sp³-hybridized carbons (Fsp3) is 0.647. The summed E-state index contributed by atoms with van der Waals surface area (Å²) in [6, 6.07) is 6.90. The lowest BCUT2D eigenvalue weighted by atomic mass is 10.0. The summed E-state index contributed by atoms with van der Waals surface area (Å²) in [5.41, 5.74) is 10.1. The molecule has 21 heavy (non-hydrogen) atoms. The molecule has 0 aliphatic carbocycles. The average Bonchev–Trinajstić information content (AvgIpc) is 2.89. The van der Waals surface area contributed by atoms with Crippen LogP contribution in [0.2, 0.25) is 0 Å². The normalized spacial score (nSPS) is 21.6. The van der Waals surface area contributed by atoms with Crippen LogP contribution in [0, 0.1) is 0 Å². The number of hydrogen-bond donors (Lipinski definition) is 1. The zero-order valence-electron chi connectivity index (χ0n) is 13.4. The maximum atomic E-state index is 5.99. The van der Waals surface area contributed by atoms with Gasteiger partial charge >= 0.3 is 0 Å². The lowest BCUT2D eigenvalue weighted by Gasteiger charge is -2.33. The second-order valence-electron chi connectivity index (χ2n) is 6.56. The van der Waals surface area contributed by atoms with Crippen molar-refractivity contribution < 1.29 is 0 Å². The Labute approximate surface area is 128 Å². The molecule has 0 spiro atoms. The minimum Gasteiger partial charge on any atom is -0.370 e. The zero-order chi connectivity index (χ0) is 14.8. The van der Waals surface area contributed by atoms with Crippen molar-refractivity contribution in [1.82, 2.24) is 9.80 Å². The lowest BCUT2D eigenvalue weighted by molar-refractivity contribution is 0.157. The summed E-state index contributed by atoms with van der Waals surface area (Å²) in [4.78, 5) is 7.55. The quantitative estimate of drug-likeness (QED) is 0.906. The van der Waals surface area contributed by atoms with Gasteiger partial charge in [0.05, 0.1) is 0 Å². The van der Waals surface area contributed by atoms with Crippen LogP contribution in [-0.2, 0) is 6.42 Å². The highest BCUT2D eigenvalue weighted by Gasteiger charge is 2.21. The summed E-state index contributed by atoms with van der Waals surface area (Å²) in [7, 11) is 2.21. The number of benzene rings is 1. The van der Waals surface area contributed by atoms with Crippen LogP contribution in [0.15, 0.2) is 18.2 Å². The molecule has 4 heteroatoms. The molecule has 2 aliphatic rings. The molecule has 0 radical (unpaired) electrons. The Morgan fingerprint density at radius 1 is 1.10 bits per heavy atom. The maximum absolute atomic E-state index is 5.99. The number of nitrogens with two attached hydrogens (primary N) is 1. The Kier molecular flexibility index (Phi) is 4.48. The van der Waals surface area contributed by atoms with Crippen LogP contribution < -0.4 is 10.6 Å². The predicted octanol–water partition coefficient (Wildman–Crippen LogP) is 1.32. The number of anilines is 1. The van der Waals surface area contributed by atoms with E-state index >= 15 is 0 Å². The third kappa shape index (κ3) is 3.39. The number of nitrogens with zero attached hydrogens (tertiary/aromatic N) is 3. The molecule has 0 amide bonds. The molecule has 2 N–H and O–H groups in total. The summed E-state index contributed by atoms with van der Waals surface area (Å²) >= 11 is 0. The van der Waals surface area contributed by atoms with E-state index < -0.39 is 0 Å². The Morgan fingerprint density at radius 2 is 1.86 bits per heavy atom. The van der Waals surface area contributed by atoms with Crippen LogP contribution in [0.4, 0.5) is 5.69 Å². The number of piperazine rings is 1. The smallest absolute Gasteiger partial charge is 0.0400 e. The molecule has 1 fully saturated rings. The van der Waals surface area contributed by atoms with Gasteiger partial charge in [0.2, 0.25) is 0 Å². The first-order valence-electron chi connectivity index (χ1n) is 8.18. The fourth-order valence-corrected chi connectivity index (χ4v) is 3.34. The largest absolute Gasteiger partial charge is 0.370 e. The van der Waals surface area contributed by atoms with Gasteiger partial charge in [0.15, 0.2) is 0 Å². The van der Waals surface area contributed by atoms with Crippen LogP contribution in [0.3, 0.4) is 0 Å². The number of likely N-dealkylation sites (N-methyl/N-ethyl adjacent to an activating group) is 1. The molecule has 3 rings (SSSR count). The number of fused-ring (bicyclic) bond motifs is 1. The highest BCUT2D eigenvalue weighted by atomic mass is 15.3. The topological polar surface area (TPSA) is 35.7 Å². The monoisotopic (exact) mass is 288 g/mol. The van der Waals surface area contributed by atoms with Gasteiger partial charge in [-0.15, -0.1) is 0 Å². The van der Waals surface area contributed by atoms with E-state index in [1.807, 2.05) is 0 Å². The molecule has 1 saturated heterocycles. The summed E-state index contributed by atoms with van der Waals surface area (Å²) in [5.74, 6) is 0. The SMILES string of the molecule is CC(N)c1ccc2c(c1)CCN2CCN1CCN(C)CC1. The summed E-state index contributed by atoms with van der Waals surface area (Å²) in [6.45, 7) is 10.4. The van der Waals surface area contributed by atoms with E-state index in [-0.39, 0.29) is 6.04 Å².